The van der Waals surface area contributed by atoms with E-state index in [-0.39, 0.29) is 24.4 Å². The van der Waals surface area contributed by atoms with Gasteiger partial charge in [0.25, 0.3) is 5.91 Å². The van der Waals surface area contributed by atoms with Gasteiger partial charge in [-0.3, -0.25) is 9.59 Å². The number of amides is 2. The predicted octanol–water partition coefficient (Wildman–Crippen LogP) is 1.29. The number of aliphatic hydroxyl groups excluding tert-OH is 1. The number of hydrogen-bond acceptors (Lipinski definition) is 6. The molecular formula is C24H26N4O7. The Kier molecular flexibility index (Phi) is 6.70. The maximum atomic E-state index is 12.9. The number of benzene rings is 1. The molecule has 5 N–H and O–H groups in total. The van der Waals surface area contributed by atoms with Crippen molar-refractivity contribution in [1.29, 1.82) is 0 Å². The average Bonchev–Trinajstić information content (AvgIpc) is 3.45. The number of carboxylic acids is 2. The molecule has 0 saturated carbocycles. The van der Waals surface area contributed by atoms with Crippen LogP contribution < -0.4 is 5.32 Å². The van der Waals surface area contributed by atoms with Gasteiger partial charge in [0.1, 0.15) is 11.7 Å². The van der Waals surface area contributed by atoms with Gasteiger partial charge in [0.05, 0.1) is 17.3 Å². The number of aryl methyl sites for hydroxylation is 1. The van der Waals surface area contributed by atoms with E-state index in [1.165, 1.54) is 17.9 Å². The number of aromatic amines is 1. The van der Waals surface area contributed by atoms with Gasteiger partial charge in [0.15, 0.2) is 6.04 Å². The zero-order chi connectivity index (χ0) is 25.3. The summed E-state index contributed by atoms with van der Waals surface area (Å²) in [5.41, 5.74) is 1.80. The lowest BCUT2D eigenvalue weighted by Crippen LogP contribution is -2.47. The molecule has 0 spiro atoms. The molecular weight excluding hydrogens is 456 g/mol. The van der Waals surface area contributed by atoms with Gasteiger partial charge < -0.3 is 30.5 Å². The van der Waals surface area contributed by atoms with Crippen molar-refractivity contribution in [2.24, 2.45) is 0 Å². The highest BCUT2D eigenvalue weighted by Crippen LogP contribution is 2.29. The van der Waals surface area contributed by atoms with E-state index in [1.807, 2.05) is 24.3 Å². The molecule has 0 unspecified atom stereocenters. The summed E-state index contributed by atoms with van der Waals surface area (Å²) in [6, 6.07) is 6.59. The summed E-state index contributed by atoms with van der Waals surface area (Å²) in [4.78, 5) is 57.6. The molecule has 184 valence electrons. The summed E-state index contributed by atoms with van der Waals surface area (Å²) in [7, 11) is 0. The topological polar surface area (TPSA) is 173 Å². The van der Waals surface area contributed by atoms with Crippen LogP contribution in [0.3, 0.4) is 0 Å². The molecule has 1 aliphatic rings. The first-order valence-corrected chi connectivity index (χ1v) is 11.3. The van der Waals surface area contributed by atoms with Crippen LogP contribution in [0, 0.1) is 0 Å². The number of pyridine rings is 1. The molecule has 2 aromatic heterocycles. The Bertz CT molecular complexity index is 1320. The van der Waals surface area contributed by atoms with Crippen LogP contribution in [0.5, 0.6) is 0 Å². The molecule has 0 aliphatic carbocycles. The summed E-state index contributed by atoms with van der Waals surface area (Å²) in [6.45, 7) is 1.64. The second-order valence-electron chi connectivity index (χ2n) is 8.66. The third-order valence-corrected chi connectivity index (χ3v) is 6.27. The minimum atomic E-state index is -1.52. The number of likely N-dealkylation sites (tertiary alicyclic amines) is 1. The van der Waals surface area contributed by atoms with Crippen molar-refractivity contribution in [3.63, 3.8) is 0 Å². The summed E-state index contributed by atoms with van der Waals surface area (Å²) in [5.74, 6) is -3.50. The van der Waals surface area contributed by atoms with Crippen molar-refractivity contribution in [2.75, 3.05) is 6.54 Å². The Morgan fingerprint density at radius 2 is 1.94 bits per heavy atom. The van der Waals surface area contributed by atoms with Crippen LogP contribution in [0.4, 0.5) is 0 Å². The maximum absolute atomic E-state index is 12.9. The van der Waals surface area contributed by atoms with Crippen LogP contribution >= 0.6 is 0 Å². The van der Waals surface area contributed by atoms with Crippen LogP contribution in [0.1, 0.15) is 42.4 Å². The van der Waals surface area contributed by atoms with E-state index >= 15 is 0 Å². The molecule has 11 nitrogen and oxygen atoms in total. The molecule has 1 saturated heterocycles. The van der Waals surface area contributed by atoms with Gasteiger partial charge in [-0.1, -0.05) is 18.2 Å². The summed E-state index contributed by atoms with van der Waals surface area (Å²) in [6.07, 6.45) is -0.151. The van der Waals surface area contributed by atoms with Crippen LogP contribution in [0.2, 0.25) is 0 Å². The van der Waals surface area contributed by atoms with Crippen molar-refractivity contribution in [1.82, 2.24) is 20.2 Å². The number of aliphatic carboxylic acids is 2. The minimum Gasteiger partial charge on any atom is -0.480 e. The minimum absolute atomic E-state index is 0.00224. The Balaban J connectivity index is 1.67. The largest absolute Gasteiger partial charge is 0.480 e. The normalized spacial score (nSPS) is 17.4. The number of nitrogens with zero attached hydrogens (tertiary/aromatic N) is 2. The van der Waals surface area contributed by atoms with E-state index in [0.29, 0.717) is 36.0 Å². The lowest BCUT2D eigenvalue weighted by Gasteiger charge is -2.21. The highest BCUT2D eigenvalue weighted by Gasteiger charge is 2.34. The van der Waals surface area contributed by atoms with Gasteiger partial charge in [-0.25, -0.2) is 14.6 Å². The molecule has 4 rings (SSSR count). The van der Waals surface area contributed by atoms with Crippen molar-refractivity contribution in [3.8, 4) is 0 Å². The van der Waals surface area contributed by atoms with Crippen LogP contribution in [0.15, 0.2) is 30.3 Å². The summed E-state index contributed by atoms with van der Waals surface area (Å²) < 4.78 is 0. The van der Waals surface area contributed by atoms with Crippen molar-refractivity contribution >= 4 is 45.6 Å². The van der Waals surface area contributed by atoms with Crippen LogP contribution in [0.25, 0.3) is 21.8 Å². The first-order valence-electron chi connectivity index (χ1n) is 11.3. The van der Waals surface area contributed by atoms with E-state index in [9.17, 15) is 34.5 Å². The number of rotatable bonds is 8. The van der Waals surface area contributed by atoms with Gasteiger partial charge in [0.2, 0.25) is 5.91 Å². The molecule has 2 amide bonds. The first-order chi connectivity index (χ1) is 16.7. The number of H-pyrrole nitrogens is 1. The Labute approximate surface area is 199 Å². The number of fused-ring (bicyclic) bond motifs is 3. The SMILES string of the molecule is C[C@@H](O)[C@H](NC(=O)c1cc2c([nH]c3ccccc32)c(CCC(=O)N2CCC[C@H]2C(=O)O)n1)C(=O)O. The first kappa shape index (κ1) is 24.1. The number of carboxylic acid groups (broad SMARTS) is 2. The highest BCUT2D eigenvalue weighted by atomic mass is 16.4. The number of hydrogen-bond donors (Lipinski definition) is 5. The van der Waals surface area contributed by atoms with Gasteiger partial charge in [-0.05, 0) is 31.9 Å². The second kappa shape index (κ2) is 9.71. The number of carbonyl (C=O) groups is 4. The Morgan fingerprint density at radius 3 is 2.63 bits per heavy atom. The van der Waals surface area contributed by atoms with E-state index in [1.54, 1.807) is 0 Å². The highest BCUT2D eigenvalue weighted by molar-refractivity contribution is 6.10. The molecule has 1 fully saturated rings. The van der Waals surface area contributed by atoms with Crippen LogP contribution in [-0.2, 0) is 20.8 Å². The summed E-state index contributed by atoms with van der Waals surface area (Å²) in [5, 5.41) is 32.2. The fourth-order valence-electron chi connectivity index (χ4n) is 4.50. The molecule has 3 aromatic rings. The van der Waals surface area contributed by atoms with Crippen LogP contribution in [-0.4, -0.2) is 78.7 Å². The van der Waals surface area contributed by atoms with E-state index < -0.39 is 36.0 Å². The van der Waals surface area contributed by atoms with Gasteiger partial charge in [0, 0.05) is 35.7 Å². The molecule has 0 bridgehead atoms. The average molecular weight is 482 g/mol. The number of para-hydroxylation sites is 1. The molecule has 1 aromatic carbocycles. The molecule has 35 heavy (non-hydrogen) atoms. The second-order valence-corrected chi connectivity index (χ2v) is 8.66. The molecule has 11 heteroatoms. The van der Waals surface area contributed by atoms with E-state index in [4.69, 9.17) is 0 Å². The summed E-state index contributed by atoms with van der Waals surface area (Å²) >= 11 is 0. The fourth-order valence-corrected chi connectivity index (χ4v) is 4.50. The van der Waals surface area contributed by atoms with Gasteiger partial charge in [-0.2, -0.15) is 0 Å². The standard InChI is InChI=1S/C24H26N4O7/c1-12(29)20(24(34)35)27-22(31)17-11-14-13-5-2-3-6-15(13)26-21(14)16(25-17)8-9-19(30)28-10-4-7-18(28)23(32)33/h2-3,5-6,11-12,18,20,26,29H,4,7-10H2,1H3,(H,27,31)(H,32,33)(H,34,35)/t12-,18+,20+/m1/s1. The number of aromatic nitrogens is 2. The van der Waals surface area contributed by atoms with Gasteiger partial charge in [-0.15, -0.1) is 0 Å². The third-order valence-electron chi connectivity index (χ3n) is 6.27. The van der Waals surface area contributed by atoms with Crippen molar-refractivity contribution < 1.29 is 34.5 Å². The quantitative estimate of drug-likeness (QED) is 0.319. The molecule has 3 heterocycles. The molecule has 1 aliphatic heterocycles. The Hall–Kier alpha value is -3.99. The maximum Gasteiger partial charge on any atom is 0.328 e. The monoisotopic (exact) mass is 482 g/mol. The Morgan fingerprint density at radius 1 is 1.20 bits per heavy atom. The van der Waals surface area contributed by atoms with E-state index in [2.05, 4.69) is 15.3 Å². The molecule has 0 radical (unpaired) electrons. The smallest absolute Gasteiger partial charge is 0.328 e. The zero-order valence-electron chi connectivity index (χ0n) is 19.0. The fraction of sp³-hybridized carbons (Fsp3) is 0.375. The third kappa shape index (κ3) is 4.80. The number of nitrogens with one attached hydrogen (secondary N) is 2. The lowest BCUT2D eigenvalue weighted by molar-refractivity contribution is -0.148. The molecule has 3 atom stereocenters. The van der Waals surface area contributed by atoms with Crippen molar-refractivity contribution in [3.05, 3.63) is 41.7 Å². The van der Waals surface area contributed by atoms with E-state index in [0.717, 1.165) is 10.9 Å². The lowest BCUT2D eigenvalue weighted by atomic mass is 10.1. The number of carbonyl (C=O) groups excluding carboxylic acids is 2. The number of aliphatic hydroxyl groups is 1. The predicted molar refractivity (Wildman–Crippen MR) is 125 cm³/mol. The zero-order valence-corrected chi connectivity index (χ0v) is 19.0. The van der Waals surface area contributed by atoms with Gasteiger partial charge >= 0.3 is 11.9 Å². The van der Waals surface area contributed by atoms with Crippen molar-refractivity contribution in [2.45, 2.75) is 50.8 Å².